The Kier molecular flexibility index (Phi) is 7.50. The summed E-state index contributed by atoms with van der Waals surface area (Å²) in [5.74, 6) is 0.444. The molecular weight excluding hydrogens is 436 g/mol. The van der Waals surface area contributed by atoms with Gasteiger partial charge in [0.25, 0.3) is 5.91 Å². The number of nitrogens with one attached hydrogen (secondary N) is 2. The molecule has 0 unspecified atom stereocenters. The molecule has 0 fully saturated rings. The summed E-state index contributed by atoms with van der Waals surface area (Å²) >= 11 is 9.62. The Labute approximate surface area is 171 Å². The number of carbonyl (C=O) groups is 2. The second-order valence-corrected chi connectivity index (χ2v) is 6.93. The van der Waals surface area contributed by atoms with Crippen molar-refractivity contribution in [1.82, 2.24) is 0 Å². The monoisotopic (exact) mass is 454 g/mol. The van der Waals surface area contributed by atoms with Crippen LogP contribution in [0, 0.1) is 0 Å². The van der Waals surface area contributed by atoms with Gasteiger partial charge in [-0.1, -0.05) is 18.5 Å². The van der Waals surface area contributed by atoms with Gasteiger partial charge in [-0.2, -0.15) is 0 Å². The van der Waals surface area contributed by atoms with Gasteiger partial charge in [-0.15, -0.1) is 0 Å². The standard InChI is InChI=1S/C19H20BrClN2O4/c1-4-7-27-18-14(20)8-12(9-17(18)26-3)19(25)23-16-6-5-13(10-15(16)21)22-11(2)24/h5-6,8-10H,4,7H2,1-3H3,(H,22,24)(H,23,25). The highest BCUT2D eigenvalue weighted by Gasteiger charge is 2.16. The molecule has 0 atom stereocenters. The molecule has 8 heteroatoms. The van der Waals surface area contributed by atoms with Gasteiger partial charge in [0.2, 0.25) is 5.91 Å². The van der Waals surface area contributed by atoms with Gasteiger partial charge in [-0.05, 0) is 52.7 Å². The van der Waals surface area contributed by atoms with E-state index >= 15 is 0 Å². The number of rotatable bonds is 7. The Morgan fingerprint density at radius 1 is 1.19 bits per heavy atom. The first-order valence-electron chi connectivity index (χ1n) is 8.24. The summed E-state index contributed by atoms with van der Waals surface area (Å²) in [6, 6.07) is 8.10. The Morgan fingerprint density at radius 2 is 1.93 bits per heavy atom. The molecule has 2 rings (SSSR count). The minimum Gasteiger partial charge on any atom is -0.493 e. The van der Waals surface area contributed by atoms with Gasteiger partial charge in [0.15, 0.2) is 11.5 Å². The zero-order chi connectivity index (χ0) is 20.0. The maximum atomic E-state index is 12.6. The summed E-state index contributed by atoms with van der Waals surface area (Å²) in [6.07, 6.45) is 0.852. The maximum absolute atomic E-state index is 12.6. The lowest BCUT2D eigenvalue weighted by molar-refractivity contribution is -0.114. The molecule has 2 aromatic rings. The van der Waals surface area contributed by atoms with Crippen LogP contribution in [-0.4, -0.2) is 25.5 Å². The topological polar surface area (TPSA) is 76.7 Å². The van der Waals surface area contributed by atoms with E-state index in [0.717, 1.165) is 6.42 Å². The number of methoxy groups -OCH3 is 1. The molecule has 0 heterocycles. The number of hydrogen-bond acceptors (Lipinski definition) is 4. The first kappa shape index (κ1) is 21.1. The molecule has 2 amide bonds. The minimum absolute atomic E-state index is 0.204. The molecule has 0 aliphatic heterocycles. The fourth-order valence-electron chi connectivity index (χ4n) is 2.29. The van der Waals surface area contributed by atoms with E-state index in [2.05, 4.69) is 26.6 Å². The van der Waals surface area contributed by atoms with Crippen molar-refractivity contribution >= 4 is 50.7 Å². The van der Waals surface area contributed by atoms with Gasteiger partial charge in [0.05, 0.1) is 28.9 Å². The number of amides is 2. The molecule has 144 valence electrons. The van der Waals surface area contributed by atoms with Crippen molar-refractivity contribution in [3.05, 3.63) is 45.4 Å². The van der Waals surface area contributed by atoms with E-state index in [9.17, 15) is 9.59 Å². The molecule has 6 nitrogen and oxygen atoms in total. The maximum Gasteiger partial charge on any atom is 0.255 e. The van der Waals surface area contributed by atoms with Crippen LogP contribution < -0.4 is 20.1 Å². The van der Waals surface area contributed by atoms with Gasteiger partial charge in [0, 0.05) is 18.2 Å². The first-order chi connectivity index (χ1) is 12.8. The number of benzene rings is 2. The van der Waals surface area contributed by atoms with E-state index in [-0.39, 0.29) is 11.8 Å². The Morgan fingerprint density at radius 3 is 2.52 bits per heavy atom. The lowest BCUT2D eigenvalue weighted by Gasteiger charge is -2.14. The van der Waals surface area contributed by atoms with Crippen molar-refractivity contribution in [2.24, 2.45) is 0 Å². The molecule has 2 N–H and O–H groups in total. The fraction of sp³-hybridized carbons (Fsp3) is 0.263. The number of carbonyl (C=O) groups excluding carboxylic acids is 2. The molecule has 0 aromatic heterocycles. The molecule has 0 saturated heterocycles. The minimum atomic E-state index is -0.356. The molecule has 0 bridgehead atoms. The molecule has 0 saturated carbocycles. The highest BCUT2D eigenvalue weighted by Crippen LogP contribution is 2.37. The lowest BCUT2D eigenvalue weighted by Crippen LogP contribution is -2.13. The van der Waals surface area contributed by atoms with Crippen LogP contribution in [0.2, 0.25) is 5.02 Å². The molecule has 0 spiro atoms. The Balaban J connectivity index is 2.23. The van der Waals surface area contributed by atoms with Crippen molar-refractivity contribution in [2.45, 2.75) is 20.3 Å². The van der Waals surface area contributed by atoms with Crippen LogP contribution >= 0.6 is 27.5 Å². The van der Waals surface area contributed by atoms with Crippen molar-refractivity contribution < 1.29 is 19.1 Å². The second kappa shape index (κ2) is 9.62. The van der Waals surface area contributed by atoms with Crippen molar-refractivity contribution in [3.63, 3.8) is 0 Å². The van der Waals surface area contributed by atoms with Crippen LogP contribution in [0.25, 0.3) is 0 Å². The van der Waals surface area contributed by atoms with E-state index in [1.165, 1.54) is 14.0 Å². The third-order valence-corrected chi connectivity index (χ3v) is 4.38. The fourth-order valence-corrected chi connectivity index (χ4v) is 3.07. The van der Waals surface area contributed by atoms with Crippen molar-refractivity contribution in [2.75, 3.05) is 24.4 Å². The Hall–Kier alpha value is -2.25. The van der Waals surface area contributed by atoms with Crippen LogP contribution in [-0.2, 0) is 4.79 Å². The van der Waals surface area contributed by atoms with Gasteiger partial charge in [-0.3, -0.25) is 9.59 Å². The molecular formula is C19H20BrClN2O4. The van der Waals surface area contributed by atoms with Crippen LogP contribution in [0.1, 0.15) is 30.6 Å². The summed E-state index contributed by atoms with van der Waals surface area (Å²) in [5.41, 5.74) is 1.36. The molecule has 0 radical (unpaired) electrons. The summed E-state index contributed by atoms with van der Waals surface area (Å²) in [4.78, 5) is 23.7. The average Bonchev–Trinajstić information content (AvgIpc) is 2.61. The summed E-state index contributed by atoms with van der Waals surface area (Å²) < 4.78 is 11.6. The molecule has 27 heavy (non-hydrogen) atoms. The van der Waals surface area contributed by atoms with E-state index in [1.807, 2.05) is 6.92 Å². The average molecular weight is 456 g/mol. The predicted molar refractivity (Wildman–Crippen MR) is 110 cm³/mol. The number of ether oxygens (including phenoxy) is 2. The van der Waals surface area contributed by atoms with E-state index in [1.54, 1.807) is 30.3 Å². The van der Waals surface area contributed by atoms with Crippen LogP contribution in [0.4, 0.5) is 11.4 Å². The van der Waals surface area contributed by atoms with Crippen molar-refractivity contribution in [3.8, 4) is 11.5 Å². The van der Waals surface area contributed by atoms with E-state index in [0.29, 0.717) is 44.5 Å². The number of anilines is 2. The van der Waals surface area contributed by atoms with E-state index < -0.39 is 0 Å². The SMILES string of the molecule is CCCOc1c(Br)cc(C(=O)Nc2ccc(NC(C)=O)cc2Cl)cc1OC. The zero-order valence-corrected chi connectivity index (χ0v) is 17.5. The van der Waals surface area contributed by atoms with Crippen LogP contribution in [0.15, 0.2) is 34.8 Å². The molecule has 0 aliphatic rings. The quantitative estimate of drug-likeness (QED) is 0.608. The van der Waals surface area contributed by atoms with Crippen LogP contribution in [0.5, 0.6) is 11.5 Å². The van der Waals surface area contributed by atoms with Gasteiger partial charge < -0.3 is 20.1 Å². The third kappa shape index (κ3) is 5.61. The highest BCUT2D eigenvalue weighted by atomic mass is 79.9. The van der Waals surface area contributed by atoms with Gasteiger partial charge in [-0.25, -0.2) is 0 Å². The van der Waals surface area contributed by atoms with E-state index in [4.69, 9.17) is 21.1 Å². The van der Waals surface area contributed by atoms with Gasteiger partial charge >= 0.3 is 0 Å². The molecule has 2 aromatic carbocycles. The summed E-state index contributed by atoms with van der Waals surface area (Å²) in [6.45, 7) is 3.95. The lowest BCUT2D eigenvalue weighted by atomic mass is 10.1. The smallest absolute Gasteiger partial charge is 0.255 e. The molecule has 0 aliphatic carbocycles. The van der Waals surface area contributed by atoms with Crippen molar-refractivity contribution in [1.29, 1.82) is 0 Å². The number of hydrogen-bond donors (Lipinski definition) is 2. The Bertz CT molecular complexity index is 858. The zero-order valence-electron chi connectivity index (χ0n) is 15.2. The largest absolute Gasteiger partial charge is 0.493 e. The first-order valence-corrected chi connectivity index (χ1v) is 9.41. The van der Waals surface area contributed by atoms with Crippen LogP contribution in [0.3, 0.4) is 0 Å². The predicted octanol–water partition coefficient (Wildman–Crippen LogP) is 5.11. The van der Waals surface area contributed by atoms with Gasteiger partial charge in [0.1, 0.15) is 0 Å². The normalized spacial score (nSPS) is 10.3. The summed E-state index contributed by atoms with van der Waals surface area (Å²) in [5, 5.41) is 5.69. The highest BCUT2D eigenvalue weighted by molar-refractivity contribution is 9.10. The summed E-state index contributed by atoms with van der Waals surface area (Å²) in [7, 11) is 1.51. The third-order valence-electron chi connectivity index (χ3n) is 3.48. The number of halogens is 2. The second-order valence-electron chi connectivity index (χ2n) is 5.67.